The maximum Gasteiger partial charge on any atom is 0.268 e. The van der Waals surface area contributed by atoms with Crippen molar-refractivity contribution in [2.75, 3.05) is 7.11 Å². The summed E-state index contributed by atoms with van der Waals surface area (Å²) in [6, 6.07) is 2.55. The number of aromatic amines is 1. The first-order valence-corrected chi connectivity index (χ1v) is 10.7. The average Bonchev–Trinajstić information content (AvgIpc) is 3.28. The number of nitrogens with one attached hydrogen (secondary N) is 4. The minimum absolute atomic E-state index is 0.00538. The zero-order valence-electron chi connectivity index (χ0n) is 18.6. The van der Waals surface area contributed by atoms with Gasteiger partial charge < -0.3 is 25.7 Å². The molecule has 3 atom stereocenters. The smallest absolute Gasteiger partial charge is 0.268 e. The van der Waals surface area contributed by atoms with Crippen LogP contribution in [0.1, 0.15) is 44.1 Å². The van der Waals surface area contributed by atoms with Crippen LogP contribution in [0.15, 0.2) is 12.1 Å². The molecule has 1 aliphatic heterocycles. The number of ether oxygens (including phenoxy) is 1. The predicted octanol–water partition coefficient (Wildman–Crippen LogP) is 2.40. The van der Waals surface area contributed by atoms with E-state index < -0.39 is 35.6 Å². The SMILES string of the molecule is COc1c(Cl)cc(F)c2[nH]c(C(=O)N[C@@H](C)C(=O)N[C@H](C#N)C[C@@H]3CC(C)(C)NC3=O)cc12. The lowest BCUT2D eigenvalue weighted by Gasteiger charge is -2.19. The summed E-state index contributed by atoms with van der Waals surface area (Å²) in [5.41, 5.74) is -0.314. The Balaban J connectivity index is 1.65. The van der Waals surface area contributed by atoms with Gasteiger partial charge in [0, 0.05) is 16.8 Å². The molecular formula is C22H25ClFN5O4. The molecule has 176 valence electrons. The fourth-order valence-electron chi connectivity index (χ4n) is 3.98. The molecule has 3 rings (SSSR count). The largest absolute Gasteiger partial charge is 0.494 e. The summed E-state index contributed by atoms with van der Waals surface area (Å²) in [5, 5.41) is 17.7. The van der Waals surface area contributed by atoms with Crippen molar-refractivity contribution in [1.29, 1.82) is 5.26 Å². The van der Waals surface area contributed by atoms with Gasteiger partial charge in [-0.25, -0.2) is 4.39 Å². The van der Waals surface area contributed by atoms with Gasteiger partial charge in [0.05, 0.1) is 23.7 Å². The van der Waals surface area contributed by atoms with Gasteiger partial charge in [0.25, 0.3) is 5.91 Å². The van der Waals surface area contributed by atoms with E-state index in [9.17, 15) is 24.0 Å². The third-order valence-electron chi connectivity index (χ3n) is 5.54. The first-order valence-electron chi connectivity index (χ1n) is 10.3. The average molecular weight is 478 g/mol. The van der Waals surface area contributed by atoms with Crippen molar-refractivity contribution in [2.24, 2.45) is 5.92 Å². The molecule has 0 spiro atoms. The number of hydrogen-bond acceptors (Lipinski definition) is 5. The fraction of sp³-hybridized carbons (Fsp3) is 0.455. The standard InChI is InChI=1S/C22H25ClFN5O4/c1-10(19(30)27-12(9-25)5-11-8-22(2,3)29-20(11)31)26-21(32)16-6-13-17(28-16)15(24)7-14(23)18(13)33-4/h6-7,10-12,28H,5,8H2,1-4H3,(H,26,32)(H,27,30)(H,29,31)/t10-,11+,12-/m0/s1. The molecule has 0 saturated carbocycles. The van der Waals surface area contributed by atoms with Gasteiger partial charge in [0.1, 0.15) is 29.3 Å². The number of H-pyrrole nitrogens is 1. The lowest BCUT2D eigenvalue weighted by Crippen LogP contribution is -2.48. The molecule has 1 aromatic carbocycles. The van der Waals surface area contributed by atoms with Gasteiger partial charge in [0.2, 0.25) is 11.8 Å². The van der Waals surface area contributed by atoms with Crippen LogP contribution in [0, 0.1) is 23.1 Å². The molecule has 0 radical (unpaired) electrons. The highest BCUT2D eigenvalue weighted by atomic mass is 35.5. The third-order valence-corrected chi connectivity index (χ3v) is 5.82. The Morgan fingerprint density at radius 2 is 2.09 bits per heavy atom. The number of halogens is 2. The van der Waals surface area contributed by atoms with Gasteiger partial charge in [-0.1, -0.05) is 11.6 Å². The van der Waals surface area contributed by atoms with Crippen molar-refractivity contribution in [3.63, 3.8) is 0 Å². The van der Waals surface area contributed by atoms with Crippen LogP contribution in [-0.4, -0.2) is 47.4 Å². The Labute approximate surface area is 195 Å². The van der Waals surface area contributed by atoms with Crippen LogP contribution >= 0.6 is 11.6 Å². The molecule has 11 heteroatoms. The molecule has 2 aromatic rings. The lowest BCUT2D eigenvalue weighted by molar-refractivity contribution is -0.125. The van der Waals surface area contributed by atoms with Crippen molar-refractivity contribution >= 4 is 40.2 Å². The van der Waals surface area contributed by atoms with E-state index in [0.29, 0.717) is 6.42 Å². The molecule has 1 fully saturated rings. The van der Waals surface area contributed by atoms with Crippen molar-refractivity contribution in [1.82, 2.24) is 20.9 Å². The minimum atomic E-state index is -0.996. The number of fused-ring (bicyclic) bond motifs is 1. The van der Waals surface area contributed by atoms with Gasteiger partial charge in [-0.05, 0) is 45.7 Å². The summed E-state index contributed by atoms with van der Waals surface area (Å²) < 4.78 is 19.4. The van der Waals surface area contributed by atoms with E-state index in [4.69, 9.17) is 16.3 Å². The first kappa shape index (κ1) is 24.3. The van der Waals surface area contributed by atoms with Crippen LogP contribution in [0.5, 0.6) is 5.75 Å². The Kier molecular flexibility index (Phi) is 6.84. The van der Waals surface area contributed by atoms with Crippen LogP contribution < -0.4 is 20.7 Å². The number of nitrogens with zero attached hydrogens (tertiary/aromatic N) is 1. The van der Waals surface area contributed by atoms with E-state index in [1.54, 1.807) is 0 Å². The van der Waals surface area contributed by atoms with Crippen LogP contribution in [0.25, 0.3) is 10.9 Å². The number of hydrogen-bond donors (Lipinski definition) is 4. The monoisotopic (exact) mass is 477 g/mol. The van der Waals surface area contributed by atoms with Gasteiger partial charge in [-0.2, -0.15) is 5.26 Å². The van der Waals surface area contributed by atoms with Crippen molar-refractivity contribution in [3.8, 4) is 11.8 Å². The Bertz CT molecular complexity index is 1160. The number of rotatable bonds is 7. The highest BCUT2D eigenvalue weighted by Gasteiger charge is 2.38. The maximum absolute atomic E-state index is 14.2. The molecule has 9 nitrogen and oxygen atoms in total. The van der Waals surface area contributed by atoms with E-state index >= 15 is 0 Å². The summed E-state index contributed by atoms with van der Waals surface area (Å²) in [6.07, 6.45) is 0.719. The predicted molar refractivity (Wildman–Crippen MR) is 119 cm³/mol. The lowest BCUT2D eigenvalue weighted by atomic mass is 9.92. The molecule has 0 aliphatic carbocycles. The fourth-order valence-corrected chi connectivity index (χ4v) is 4.25. The second-order valence-electron chi connectivity index (χ2n) is 8.74. The zero-order valence-corrected chi connectivity index (χ0v) is 19.4. The molecule has 1 aliphatic rings. The van der Waals surface area contributed by atoms with Crippen molar-refractivity contribution in [2.45, 2.75) is 51.2 Å². The highest BCUT2D eigenvalue weighted by Crippen LogP contribution is 2.35. The summed E-state index contributed by atoms with van der Waals surface area (Å²) in [6.45, 7) is 5.23. The summed E-state index contributed by atoms with van der Waals surface area (Å²) >= 11 is 5.99. The van der Waals surface area contributed by atoms with Gasteiger partial charge in [-0.15, -0.1) is 0 Å². The Morgan fingerprint density at radius 1 is 1.39 bits per heavy atom. The zero-order chi connectivity index (χ0) is 24.5. The number of benzene rings is 1. The number of carbonyl (C=O) groups is 3. The molecule has 0 bridgehead atoms. The third kappa shape index (κ3) is 5.20. The number of aromatic nitrogens is 1. The van der Waals surface area contributed by atoms with Gasteiger partial charge in [-0.3, -0.25) is 14.4 Å². The quantitative estimate of drug-likeness (QED) is 0.485. The molecular weight excluding hydrogens is 453 g/mol. The number of amides is 3. The molecule has 1 saturated heterocycles. The van der Waals surface area contributed by atoms with Crippen LogP contribution in [0.3, 0.4) is 0 Å². The molecule has 33 heavy (non-hydrogen) atoms. The van der Waals surface area contributed by atoms with Gasteiger partial charge >= 0.3 is 0 Å². The second-order valence-corrected chi connectivity index (χ2v) is 9.15. The van der Waals surface area contributed by atoms with Crippen molar-refractivity contribution in [3.05, 3.63) is 28.7 Å². The second kappa shape index (κ2) is 9.27. The normalized spacial score (nSPS) is 18.8. The van der Waals surface area contributed by atoms with E-state index in [0.717, 1.165) is 6.07 Å². The molecule has 0 unspecified atom stereocenters. The number of methoxy groups -OCH3 is 1. The minimum Gasteiger partial charge on any atom is -0.494 e. The number of carbonyl (C=O) groups excluding carboxylic acids is 3. The van der Waals surface area contributed by atoms with E-state index in [2.05, 4.69) is 20.9 Å². The molecule has 3 amide bonds. The number of nitriles is 1. The van der Waals surface area contributed by atoms with E-state index in [-0.39, 0.29) is 45.2 Å². The Morgan fingerprint density at radius 3 is 2.67 bits per heavy atom. The summed E-state index contributed by atoms with van der Waals surface area (Å²) in [5.74, 6) is -2.23. The molecule has 1 aromatic heterocycles. The first-order chi connectivity index (χ1) is 15.5. The summed E-state index contributed by atoms with van der Waals surface area (Å²) in [7, 11) is 1.37. The molecule has 4 N–H and O–H groups in total. The van der Waals surface area contributed by atoms with Crippen LogP contribution in [-0.2, 0) is 9.59 Å². The van der Waals surface area contributed by atoms with E-state index in [1.807, 2.05) is 19.9 Å². The highest BCUT2D eigenvalue weighted by molar-refractivity contribution is 6.33. The maximum atomic E-state index is 14.2. The topological polar surface area (TPSA) is 136 Å². The van der Waals surface area contributed by atoms with Crippen LogP contribution in [0.2, 0.25) is 5.02 Å². The molecule has 2 heterocycles. The summed E-state index contributed by atoms with van der Waals surface area (Å²) in [4.78, 5) is 39.9. The van der Waals surface area contributed by atoms with Crippen molar-refractivity contribution < 1.29 is 23.5 Å². The Hall–Kier alpha value is -3.32. The van der Waals surface area contributed by atoms with E-state index in [1.165, 1.54) is 20.1 Å². The van der Waals surface area contributed by atoms with Crippen LogP contribution in [0.4, 0.5) is 4.39 Å². The van der Waals surface area contributed by atoms with Gasteiger partial charge in [0.15, 0.2) is 0 Å².